The van der Waals surface area contributed by atoms with Gasteiger partial charge in [-0.1, -0.05) is 24.3 Å². The number of ether oxygens (including phenoxy) is 1. The zero-order chi connectivity index (χ0) is 27.3. The minimum atomic E-state index is -5.00. The predicted octanol–water partition coefficient (Wildman–Crippen LogP) is 3.25. The van der Waals surface area contributed by atoms with Gasteiger partial charge in [0.2, 0.25) is 0 Å². The van der Waals surface area contributed by atoms with Gasteiger partial charge >= 0.3 is 12.1 Å². The Morgan fingerprint density at radius 3 is 2.35 bits per heavy atom. The highest BCUT2D eigenvalue weighted by Crippen LogP contribution is 2.28. The van der Waals surface area contributed by atoms with Crippen LogP contribution in [0, 0.1) is 10.1 Å². The fraction of sp³-hybridized carbons (Fsp3) is 0.292. The summed E-state index contributed by atoms with van der Waals surface area (Å²) in [7, 11) is 1.23. The van der Waals surface area contributed by atoms with Gasteiger partial charge in [-0.25, -0.2) is 4.79 Å². The lowest BCUT2D eigenvalue weighted by atomic mass is 10.0. The highest BCUT2D eigenvalue weighted by atomic mass is 19.4. The molecule has 0 fully saturated rings. The highest BCUT2D eigenvalue weighted by molar-refractivity contribution is 6.21. The number of methoxy groups -OCH3 is 1. The molecule has 1 aliphatic rings. The van der Waals surface area contributed by atoms with Crippen LogP contribution in [-0.4, -0.2) is 53.9 Å². The van der Waals surface area contributed by atoms with E-state index in [1.807, 2.05) is 0 Å². The van der Waals surface area contributed by atoms with Crippen molar-refractivity contribution >= 4 is 23.4 Å². The molecule has 0 bridgehead atoms. The molecule has 0 spiro atoms. The average Bonchev–Trinajstić information content (AvgIpc) is 3.30. The number of nitrogens with zero attached hydrogens (tertiary/aromatic N) is 3. The van der Waals surface area contributed by atoms with Crippen molar-refractivity contribution in [1.82, 2.24) is 10.2 Å². The van der Waals surface area contributed by atoms with Crippen LogP contribution in [0.2, 0.25) is 0 Å². The van der Waals surface area contributed by atoms with Gasteiger partial charge in [0, 0.05) is 25.2 Å². The van der Waals surface area contributed by atoms with Crippen LogP contribution in [0.4, 0.5) is 18.9 Å². The van der Waals surface area contributed by atoms with Crippen molar-refractivity contribution in [2.45, 2.75) is 25.7 Å². The fourth-order valence-corrected chi connectivity index (χ4v) is 3.68. The van der Waals surface area contributed by atoms with E-state index in [0.717, 1.165) is 0 Å². The summed E-state index contributed by atoms with van der Waals surface area (Å²) in [5, 5.41) is 13.4. The molecule has 2 aromatic carbocycles. The standard InChI is InChI=1S/C24H24F3N5O5/c1-14(16-5-7-17(8-6-16)23(34)37-2)30-22(33)19(20(28)24(25,26)27)21-29-11-12-31(21)13-15-3-9-18(10-4-15)32(35)36/h3-10,14H,11-13,28H2,1-2H3,(H,30,33). The third kappa shape index (κ3) is 6.42. The van der Waals surface area contributed by atoms with Gasteiger partial charge in [0.15, 0.2) is 0 Å². The van der Waals surface area contributed by atoms with Gasteiger partial charge in [-0.15, -0.1) is 0 Å². The first-order valence-electron chi connectivity index (χ1n) is 11.0. The number of non-ortho nitro benzene ring substituents is 1. The van der Waals surface area contributed by atoms with E-state index in [1.54, 1.807) is 19.1 Å². The van der Waals surface area contributed by atoms with Crippen LogP contribution < -0.4 is 11.1 Å². The molecule has 13 heteroatoms. The summed E-state index contributed by atoms with van der Waals surface area (Å²) in [5.74, 6) is -1.86. The summed E-state index contributed by atoms with van der Waals surface area (Å²) in [5.41, 5.74) is 4.27. The van der Waals surface area contributed by atoms with Gasteiger partial charge in [-0.05, 0) is 30.2 Å². The lowest BCUT2D eigenvalue weighted by molar-refractivity contribution is -0.384. The minimum Gasteiger partial charge on any atom is -0.465 e. The lowest BCUT2D eigenvalue weighted by Crippen LogP contribution is -2.40. The Bertz CT molecular complexity index is 1240. The number of alkyl halides is 3. The van der Waals surface area contributed by atoms with Crippen molar-refractivity contribution in [1.29, 1.82) is 0 Å². The summed E-state index contributed by atoms with van der Waals surface area (Å²) >= 11 is 0. The molecule has 2 aromatic rings. The van der Waals surface area contributed by atoms with E-state index >= 15 is 0 Å². The molecule has 0 radical (unpaired) electrons. The summed E-state index contributed by atoms with van der Waals surface area (Å²) in [6, 6.07) is 10.8. The molecule has 0 saturated heterocycles. The van der Waals surface area contributed by atoms with Crippen molar-refractivity contribution in [3.05, 3.63) is 86.6 Å². The quantitative estimate of drug-likeness (QED) is 0.236. The van der Waals surface area contributed by atoms with Crippen LogP contribution in [-0.2, 0) is 16.1 Å². The van der Waals surface area contributed by atoms with Gasteiger partial charge in [0.1, 0.15) is 17.1 Å². The maximum Gasteiger partial charge on any atom is 0.431 e. The minimum absolute atomic E-state index is 0.0588. The Balaban J connectivity index is 1.86. The number of amidine groups is 1. The van der Waals surface area contributed by atoms with E-state index in [4.69, 9.17) is 5.73 Å². The maximum absolute atomic E-state index is 13.7. The fourth-order valence-electron chi connectivity index (χ4n) is 3.68. The zero-order valence-electron chi connectivity index (χ0n) is 19.9. The SMILES string of the molecule is COC(=O)c1ccc(C(C)NC(=O)C(C2=NCCN2Cc2ccc([N+](=O)[O-])cc2)=C(N)C(F)(F)F)cc1. The first kappa shape index (κ1) is 27.2. The number of nitrogens with one attached hydrogen (secondary N) is 1. The first-order chi connectivity index (χ1) is 17.4. The number of nitrogens with two attached hydrogens (primary N) is 1. The van der Waals surface area contributed by atoms with Gasteiger partial charge in [0.05, 0.1) is 30.2 Å². The molecule has 3 N–H and O–H groups in total. The maximum atomic E-state index is 13.7. The van der Waals surface area contributed by atoms with Crippen LogP contribution in [0.1, 0.15) is 34.5 Å². The second-order valence-corrected chi connectivity index (χ2v) is 8.15. The Morgan fingerprint density at radius 1 is 1.19 bits per heavy atom. The Hall–Kier alpha value is -4.42. The van der Waals surface area contributed by atoms with E-state index < -0.39 is 40.3 Å². The van der Waals surface area contributed by atoms with E-state index in [9.17, 15) is 32.9 Å². The molecule has 10 nitrogen and oxygen atoms in total. The third-order valence-electron chi connectivity index (χ3n) is 5.66. The van der Waals surface area contributed by atoms with E-state index in [-0.39, 0.29) is 36.7 Å². The van der Waals surface area contributed by atoms with E-state index in [2.05, 4.69) is 15.0 Å². The van der Waals surface area contributed by atoms with Crippen LogP contribution in [0.25, 0.3) is 0 Å². The molecular weight excluding hydrogens is 495 g/mol. The number of benzene rings is 2. The molecule has 0 aliphatic carbocycles. The molecule has 0 saturated carbocycles. The number of nitro benzene ring substituents is 1. The Morgan fingerprint density at radius 2 is 1.81 bits per heavy atom. The highest BCUT2D eigenvalue weighted by Gasteiger charge is 2.40. The second kappa shape index (κ2) is 11.1. The summed E-state index contributed by atoms with van der Waals surface area (Å²) in [4.78, 5) is 40.7. The number of hydrogen-bond acceptors (Lipinski definition) is 8. The zero-order valence-corrected chi connectivity index (χ0v) is 19.9. The Kier molecular flexibility index (Phi) is 8.15. The number of nitro groups is 1. The van der Waals surface area contributed by atoms with Crippen molar-refractivity contribution in [2.75, 3.05) is 20.2 Å². The number of esters is 1. The number of carbonyl (C=O) groups excluding carboxylic acids is 2. The van der Waals surface area contributed by atoms with E-state index in [0.29, 0.717) is 11.1 Å². The van der Waals surface area contributed by atoms with Crippen LogP contribution in [0.15, 0.2) is 64.8 Å². The third-order valence-corrected chi connectivity index (χ3v) is 5.66. The number of allylic oxidation sites excluding steroid dienone is 1. The smallest absolute Gasteiger partial charge is 0.431 e. The average molecular weight is 519 g/mol. The van der Waals surface area contributed by atoms with Gasteiger partial charge in [-0.2, -0.15) is 13.2 Å². The largest absolute Gasteiger partial charge is 0.465 e. The summed E-state index contributed by atoms with van der Waals surface area (Å²) in [6.45, 7) is 1.98. The monoisotopic (exact) mass is 519 g/mol. The number of amides is 1. The van der Waals surface area contributed by atoms with Crippen molar-refractivity contribution in [2.24, 2.45) is 10.7 Å². The van der Waals surface area contributed by atoms with Crippen LogP contribution in [0.3, 0.4) is 0 Å². The molecule has 1 aliphatic heterocycles. The molecule has 1 unspecified atom stereocenters. The molecule has 1 atom stereocenters. The first-order valence-corrected chi connectivity index (χ1v) is 11.0. The van der Waals surface area contributed by atoms with E-state index in [1.165, 1.54) is 48.4 Å². The van der Waals surface area contributed by atoms with Crippen molar-refractivity contribution in [3.8, 4) is 0 Å². The van der Waals surface area contributed by atoms with Crippen LogP contribution >= 0.6 is 0 Å². The number of carbonyl (C=O) groups is 2. The van der Waals surface area contributed by atoms with Gasteiger partial charge in [0.25, 0.3) is 11.6 Å². The van der Waals surface area contributed by atoms with Gasteiger partial charge < -0.3 is 20.7 Å². The number of rotatable bonds is 8. The summed E-state index contributed by atoms with van der Waals surface area (Å²) < 4.78 is 45.6. The number of halogens is 3. The molecule has 1 heterocycles. The lowest BCUT2D eigenvalue weighted by Gasteiger charge is -2.25. The number of aliphatic imine (C=N–C) groups is 1. The molecule has 37 heavy (non-hydrogen) atoms. The van der Waals surface area contributed by atoms with Crippen molar-refractivity contribution < 1.29 is 32.4 Å². The predicted molar refractivity (Wildman–Crippen MR) is 127 cm³/mol. The molecule has 0 aromatic heterocycles. The second-order valence-electron chi connectivity index (χ2n) is 8.15. The van der Waals surface area contributed by atoms with Crippen LogP contribution in [0.5, 0.6) is 0 Å². The molecule has 196 valence electrons. The number of hydrogen-bond donors (Lipinski definition) is 2. The van der Waals surface area contributed by atoms with Crippen molar-refractivity contribution in [3.63, 3.8) is 0 Å². The normalized spacial score (nSPS) is 14.9. The molecular formula is C24H24F3N5O5. The molecule has 3 rings (SSSR count). The summed E-state index contributed by atoms with van der Waals surface area (Å²) in [6.07, 6.45) is -5.00. The van der Waals surface area contributed by atoms with Gasteiger partial charge in [-0.3, -0.25) is 19.9 Å². The Labute approximate surface area is 209 Å². The molecule has 1 amide bonds. The topological polar surface area (TPSA) is 140 Å².